The van der Waals surface area contributed by atoms with Gasteiger partial charge in [0, 0.05) is 12.5 Å². The van der Waals surface area contributed by atoms with E-state index in [1.54, 1.807) is 6.08 Å². The molecule has 1 aromatic rings. The first-order valence-corrected chi connectivity index (χ1v) is 5.13. The number of hydrogen-bond acceptors (Lipinski definition) is 4. The van der Waals surface area contributed by atoms with Gasteiger partial charge in [-0.2, -0.15) is 0 Å². The Kier molecular flexibility index (Phi) is 3.09. The molecule has 0 unspecified atom stereocenters. The van der Waals surface area contributed by atoms with Crippen molar-refractivity contribution in [2.75, 3.05) is 0 Å². The van der Waals surface area contributed by atoms with Crippen LogP contribution in [0.1, 0.15) is 12.8 Å². The van der Waals surface area contributed by atoms with E-state index >= 15 is 0 Å². The van der Waals surface area contributed by atoms with Gasteiger partial charge in [0.15, 0.2) is 11.5 Å². The van der Waals surface area contributed by atoms with Crippen molar-refractivity contribution in [3.63, 3.8) is 0 Å². The van der Waals surface area contributed by atoms with Crippen molar-refractivity contribution >= 4 is 5.69 Å². The van der Waals surface area contributed by atoms with Crippen LogP contribution in [-0.4, -0.2) is 4.92 Å². The van der Waals surface area contributed by atoms with Gasteiger partial charge in [0.25, 0.3) is 5.69 Å². The Labute approximate surface area is 98.1 Å². The number of ether oxygens (including phenoxy) is 2. The molecule has 17 heavy (non-hydrogen) atoms. The van der Waals surface area contributed by atoms with Gasteiger partial charge in [-0.1, -0.05) is 6.08 Å². The van der Waals surface area contributed by atoms with Crippen molar-refractivity contribution in [1.29, 1.82) is 0 Å². The largest absolute Gasteiger partial charge is 0.458 e. The summed E-state index contributed by atoms with van der Waals surface area (Å²) in [7, 11) is 0. The number of fused-ring (bicyclic) bond motifs is 1. The van der Waals surface area contributed by atoms with Crippen LogP contribution in [0.15, 0.2) is 42.9 Å². The minimum absolute atomic E-state index is 0.0164. The van der Waals surface area contributed by atoms with Crippen LogP contribution in [0, 0.1) is 10.1 Å². The third-order valence-electron chi connectivity index (χ3n) is 2.29. The van der Waals surface area contributed by atoms with E-state index in [4.69, 9.17) is 9.47 Å². The van der Waals surface area contributed by atoms with Gasteiger partial charge < -0.3 is 9.47 Å². The van der Waals surface area contributed by atoms with E-state index in [1.807, 2.05) is 0 Å². The maximum Gasteiger partial charge on any atom is 0.273 e. The highest BCUT2D eigenvalue weighted by molar-refractivity contribution is 5.50. The Bertz CT molecular complexity index is 493. The van der Waals surface area contributed by atoms with Crippen molar-refractivity contribution in [2.45, 2.75) is 12.8 Å². The predicted molar refractivity (Wildman–Crippen MR) is 61.9 cm³/mol. The molecule has 0 bridgehead atoms. The third-order valence-corrected chi connectivity index (χ3v) is 2.29. The highest BCUT2D eigenvalue weighted by Crippen LogP contribution is 2.36. The van der Waals surface area contributed by atoms with Gasteiger partial charge in [0.05, 0.1) is 11.0 Å². The van der Waals surface area contributed by atoms with Crippen LogP contribution in [0.5, 0.6) is 11.5 Å². The first-order valence-electron chi connectivity index (χ1n) is 5.13. The van der Waals surface area contributed by atoms with Gasteiger partial charge in [-0.15, -0.1) is 6.58 Å². The topological polar surface area (TPSA) is 61.6 Å². The maximum atomic E-state index is 10.6. The van der Waals surface area contributed by atoms with Crippen molar-refractivity contribution in [3.05, 3.63) is 53.0 Å². The van der Waals surface area contributed by atoms with Crippen LogP contribution in [0.3, 0.4) is 0 Å². The van der Waals surface area contributed by atoms with Gasteiger partial charge in [-0.25, -0.2) is 0 Å². The number of nitro benzene ring substituents is 1. The number of benzene rings is 1. The summed E-state index contributed by atoms with van der Waals surface area (Å²) in [6.45, 7) is 3.61. The van der Waals surface area contributed by atoms with Gasteiger partial charge in [0.2, 0.25) is 0 Å². The summed E-state index contributed by atoms with van der Waals surface area (Å²) in [5, 5.41) is 10.6. The minimum Gasteiger partial charge on any atom is -0.458 e. The van der Waals surface area contributed by atoms with E-state index in [-0.39, 0.29) is 5.69 Å². The summed E-state index contributed by atoms with van der Waals surface area (Å²) < 4.78 is 10.8. The molecule has 1 heterocycles. The lowest BCUT2D eigenvalue weighted by Crippen LogP contribution is -2.05. The molecule has 1 aliphatic rings. The first kappa shape index (κ1) is 11.2. The zero-order valence-electron chi connectivity index (χ0n) is 9.09. The Balaban J connectivity index is 2.19. The standard InChI is InChI=1S/C12H11NO4/c1-2-3-4-10-8-16-11-6-5-9(13(14)15)7-12(11)17-10/h2,5-8H,1,3-4H2. The number of nitrogens with zero attached hydrogens (tertiary/aromatic N) is 1. The highest BCUT2D eigenvalue weighted by Gasteiger charge is 2.17. The van der Waals surface area contributed by atoms with E-state index in [1.165, 1.54) is 24.5 Å². The molecule has 0 fully saturated rings. The average molecular weight is 233 g/mol. The summed E-state index contributed by atoms with van der Waals surface area (Å²) in [6.07, 6.45) is 4.70. The second-order valence-corrected chi connectivity index (χ2v) is 3.52. The quantitative estimate of drug-likeness (QED) is 0.455. The normalized spacial score (nSPS) is 12.8. The average Bonchev–Trinajstić information content (AvgIpc) is 2.35. The molecular formula is C12H11NO4. The van der Waals surface area contributed by atoms with E-state index in [0.29, 0.717) is 23.7 Å². The molecule has 0 aromatic heterocycles. The summed E-state index contributed by atoms with van der Waals surface area (Å²) in [6, 6.07) is 4.26. The van der Waals surface area contributed by atoms with Crippen molar-refractivity contribution < 1.29 is 14.4 Å². The highest BCUT2D eigenvalue weighted by atomic mass is 16.6. The molecule has 0 saturated heterocycles. The van der Waals surface area contributed by atoms with Gasteiger partial charge in [-0.3, -0.25) is 10.1 Å². The van der Waals surface area contributed by atoms with E-state index in [9.17, 15) is 10.1 Å². The SMILES string of the molecule is C=CCCC1=COc2ccc([N+](=O)[O-])cc2O1. The molecule has 1 aromatic carbocycles. The molecular weight excluding hydrogens is 222 g/mol. The smallest absolute Gasteiger partial charge is 0.273 e. The zero-order valence-corrected chi connectivity index (χ0v) is 9.09. The lowest BCUT2D eigenvalue weighted by atomic mass is 10.2. The summed E-state index contributed by atoms with van der Waals surface area (Å²) in [5.41, 5.74) is -0.0164. The molecule has 88 valence electrons. The minimum atomic E-state index is -0.467. The lowest BCUT2D eigenvalue weighted by Gasteiger charge is -2.17. The Morgan fingerprint density at radius 1 is 1.41 bits per heavy atom. The van der Waals surface area contributed by atoms with Crippen molar-refractivity contribution in [3.8, 4) is 11.5 Å². The molecule has 0 spiro atoms. The van der Waals surface area contributed by atoms with Crippen LogP contribution < -0.4 is 9.47 Å². The van der Waals surface area contributed by atoms with Crippen molar-refractivity contribution in [1.82, 2.24) is 0 Å². The molecule has 0 atom stereocenters. The summed E-state index contributed by atoms with van der Waals surface area (Å²) in [5.74, 6) is 1.50. The molecule has 5 heteroatoms. The fourth-order valence-electron chi connectivity index (χ4n) is 1.44. The van der Waals surface area contributed by atoms with Crippen LogP contribution in [-0.2, 0) is 0 Å². The molecule has 2 rings (SSSR count). The lowest BCUT2D eigenvalue weighted by molar-refractivity contribution is -0.384. The zero-order chi connectivity index (χ0) is 12.3. The Morgan fingerprint density at radius 2 is 2.24 bits per heavy atom. The Hall–Kier alpha value is -2.30. The van der Waals surface area contributed by atoms with E-state index < -0.39 is 4.92 Å². The third kappa shape index (κ3) is 2.44. The summed E-state index contributed by atoms with van der Waals surface area (Å²) >= 11 is 0. The fourth-order valence-corrected chi connectivity index (χ4v) is 1.44. The van der Waals surface area contributed by atoms with Gasteiger partial charge in [0.1, 0.15) is 12.0 Å². The van der Waals surface area contributed by atoms with Crippen LogP contribution >= 0.6 is 0 Å². The number of non-ortho nitro benzene ring substituents is 1. The second-order valence-electron chi connectivity index (χ2n) is 3.52. The molecule has 0 aliphatic carbocycles. The predicted octanol–water partition coefficient (Wildman–Crippen LogP) is 3.17. The maximum absolute atomic E-state index is 10.6. The molecule has 0 amide bonds. The number of hydrogen-bond donors (Lipinski definition) is 0. The van der Waals surface area contributed by atoms with Gasteiger partial charge >= 0.3 is 0 Å². The molecule has 0 radical (unpaired) electrons. The fraction of sp³-hybridized carbons (Fsp3) is 0.167. The number of nitro groups is 1. The first-order chi connectivity index (χ1) is 8.20. The second kappa shape index (κ2) is 4.69. The Morgan fingerprint density at radius 3 is 2.94 bits per heavy atom. The molecule has 0 N–H and O–H groups in total. The number of rotatable bonds is 4. The van der Waals surface area contributed by atoms with Crippen LogP contribution in [0.25, 0.3) is 0 Å². The number of allylic oxidation sites excluding steroid dienone is 2. The monoisotopic (exact) mass is 233 g/mol. The molecule has 5 nitrogen and oxygen atoms in total. The molecule has 0 saturated carbocycles. The van der Waals surface area contributed by atoms with Gasteiger partial charge in [-0.05, 0) is 12.5 Å². The molecule has 1 aliphatic heterocycles. The van der Waals surface area contributed by atoms with Crippen molar-refractivity contribution in [2.24, 2.45) is 0 Å². The van der Waals surface area contributed by atoms with E-state index in [0.717, 1.165) is 6.42 Å². The summed E-state index contributed by atoms with van der Waals surface area (Å²) in [4.78, 5) is 10.2. The van der Waals surface area contributed by atoms with E-state index in [2.05, 4.69) is 6.58 Å². The van der Waals surface area contributed by atoms with Crippen LogP contribution in [0.4, 0.5) is 5.69 Å². The van der Waals surface area contributed by atoms with Crippen LogP contribution in [0.2, 0.25) is 0 Å².